The van der Waals surface area contributed by atoms with Crippen LogP contribution in [-0.2, 0) is 4.74 Å². The third kappa shape index (κ3) is 12.2. The van der Waals surface area contributed by atoms with Gasteiger partial charge in [-0.25, -0.2) is 9.78 Å². The van der Waals surface area contributed by atoms with E-state index in [0.717, 1.165) is 0 Å². The van der Waals surface area contributed by atoms with Crippen molar-refractivity contribution < 1.29 is 29.0 Å². The first-order valence-electron chi connectivity index (χ1n) is 27.3. The molecule has 0 saturated carbocycles. The van der Waals surface area contributed by atoms with Crippen molar-refractivity contribution in [3.8, 4) is 5.75 Å². The molecule has 456 valence electrons. The number of aromatic nitrogens is 6. The Labute approximate surface area is 541 Å². The normalized spacial score (nSPS) is 12.0. The number of imidazole rings is 1. The number of hydrogen-bond donors (Lipinski definition) is 7. The molecule has 91 heavy (non-hydrogen) atoms. The topological polar surface area (TPSA) is 329 Å². The third-order valence-corrected chi connectivity index (χ3v) is 16.7. The molecule has 1 aliphatic carbocycles. The number of nitroso groups, excluding NO2 is 1. The number of H-pyrrole nitrogens is 4. The van der Waals surface area contributed by atoms with Crippen LogP contribution in [0.2, 0.25) is 30.1 Å². The second-order valence-corrected chi connectivity index (χ2v) is 22.5. The van der Waals surface area contributed by atoms with Crippen LogP contribution in [0.25, 0.3) is 49.1 Å². The number of carbonyl (C=O) groups excluding carboxylic acids is 4. The number of nitrogens with two attached hydrogens (primary N) is 1. The lowest BCUT2D eigenvalue weighted by molar-refractivity contribution is 0.0946. The Hall–Kier alpha value is -9.91. The molecule has 0 atom stereocenters. The zero-order valence-corrected chi connectivity index (χ0v) is 51.7. The number of Topliss-reactive ketones (excluding diaryl/α,β-unsaturated/α-hetero) is 1. The molecule has 8 aromatic carbocycles. The van der Waals surface area contributed by atoms with Crippen LogP contribution in [0.15, 0.2) is 163 Å². The summed E-state index contributed by atoms with van der Waals surface area (Å²) in [5.41, 5.74) is 10.0. The van der Waals surface area contributed by atoms with Crippen molar-refractivity contribution in [1.29, 1.82) is 0 Å². The molecule has 28 heteroatoms. The lowest BCUT2D eigenvalue weighted by Gasteiger charge is -2.18. The number of halogens is 6. The van der Waals surface area contributed by atoms with Crippen molar-refractivity contribution in [1.82, 2.24) is 29.5 Å². The minimum atomic E-state index is -0.568. The molecule has 0 unspecified atom stereocenters. The number of nitrogens with zero attached hydrogens (tertiary/aromatic N) is 7. The number of aromatic hydroxyl groups is 1. The number of fused-ring (bicyclic) bond motifs is 7. The average Bonchev–Trinajstić information content (AvgIpc) is 1.77. The van der Waals surface area contributed by atoms with Gasteiger partial charge in [-0.3, -0.25) is 29.1 Å². The van der Waals surface area contributed by atoms with Crippen LogP contribution in [0.3, 0.4) is 0 Å². The van der Waals surface area contributed by atoms with E-state index in [0.29, 0.717) is 97.7 Å². The van der Waals surface area contributed by atoms with Gasteiger partial charge in [0.05, 0.1) is 80.6 Å². The summed E-state index contributed by atoms with van der Waals surface area (Å²) < 4.78 is 6.57. The molecule has 13 rings (SSSR count). The monoisotopic (exact) mass is 1340 g/mol. The number of ether oxygens (including phenoxy) is 1. The zero-order chi connectivity index (χ0) is 64.5. The summed E-state index contributed by atoms with van der Waals surface area (Å²) in [7, 11) is 0. The number of aryl methyl sites for hydroxylation is 1. The van der Waals surface area contributed by atoms with Crippen molar-refractivity contribution in [3.05, 3.63) is 222 Å². The van der Waals surface area contributed by atoms with E-state index in [1.54, 1.807) is 116 Å². The number of rotatable bonds is 13. The smallest absolute Gasteiger partial charge is 0.323 e. The zero-order valence-electron chi connectivity index (χ0n) is 47.1. The maximum absolute atomic E-state index is 13.3. The number of carbonyl (C=O) groups is 4. The van der Waals surface area contributed by atoms with Crippen molar-refractivity contribution >= 4 is 182 Å². The van der Waals surface area contributed by atoms with Crippen LogP contribution < -0.4 is 22.3 Å². The molecular formula is C63H43Cl6N13O9. The Morgan fingerprint density at radius 3 is 2.10 bits per heavy atom. The first-order valence-corrected chi connectivity index (χ1v) is 29.5. The number of azo groups is 2. The summed E-state index contributed by atoms with van der Waals surface area (Å²) in [6, 6.07) is 35.1. The Morgan fingerprint density at radius 2 is 1.34 bits per heavy atom. The average molecular weight is 1340 g/mol. The molecule has 8 N–H and O–H groups in total. The van der Waals surface area contributed by atoms with Gasteiger partial charge >= 0.3 is 5.69 Å². The molecular weight excluding hydrogens is 1300 g/mol. The van der Waals surface area contributed by atoms with Crippen molar-refractivity contribution in [3.63, 3.8) is 0 Å². The summed E-state index contributed by atoms with van der Waals surface area (Å²) >= 11 is 36.0. The van der Waals surface area contributed by atoms with E-state index < -0.39 is 11.5 Å². The molecule has 0 fully saturated rings. The summed E-state index contributed by atoms with van der Waals surface area (Å²) in [6.07, 6.45) is 0.895. The first kappa shape index (κ1) is 62.7. The number of nitrogens with one attached hydrogen (secondary N) is 5. The fourth-order valence-corrected chi connectivity index (χ4v) is 11.7. The SMILES string of the molecule is CCOCCCC(=O)c1ccccc1N=Nc1c(O)c(C(=O)Nc2ccc3[nH]c(=O)[nH]c3c2)cc2ccccc12.Cc1[nH]n2c(=O)c3cc(Cl)cc(Cl)c3nc2c1N=Nc1cccc2c1C(=O)c1ccccc1C2=O.Nc1[nH]c(N=O)c2c(Cl)c(Cl)c(Cl)c(Cl)c12. The van der Waals surface area contributed by atoms with E-state index in [1.807, 2.05) is 13.0 Å². The minimum absolute atomic E-state index is 0.00408. The maximum atomic E-state index is 13.3. The number of nitrogen functional groups attached to an aromatic ring is 1. The van der Waals surface area contributed by atoms with Gasteiger partial charge in [-0.2, -0.15) is 4.52 Å². The molecule has 22 nitrogen and oxygen atoms in total. The van der Waals surface area contributed by atoms with Gasteiger partial charge in [-0.1, -0.05) is 142 Å². The maximum Gasteiger partial charge on any atom is 0.323 e. The van der Waals surface area contributed by atoms with Crippen LogP contribution in [0.4, 0.5) is 40.1 Å². The molecule has 0 saturated heterocycles. The number of hydrogen-bond acceptors (Lipinski definition) is 16. The summed E-state index contributed by atoms with van der Waals surface area (Å²) in [6.45, 7) is 4.71. The van der Waals surface area contributed by atoms with E-state index >= 15 is 0 Å². The number of phenolic OH excluding ortho intramolecular Hbond substituents is 1. The van der Waals surface area contributed by atoms with E-state index in [1.165, 1.54) is 16.6 Å². The van der Waals surface area contributed by atoms with Gasteiger partial charge in [0.25, 0.3) is 11.5 Å². The van der Waals surface area contributed by atoms with Gasteiger partial charge in [0.1, 0.15) is 11.5 Å². The number of aromatic amines is 4. The van der Waals surface area contributed by atoms with Gasteiger partial charge < -0.3 is 35.8 Å². The highest BCUT2D eigenvalue weighted by atomic mass is 35.5. The second-order valence-electron chi connectivity index (χ2n) is 20.1. The number of anilines is 2. The van der Waals surface area contributed by atoms with Crippen molar-refractivity contribution in [2.45, 2.75) is 26.7 Å². The highest BCUT2D eigenvalue weighted by Gasteiger charge is 2.32. The lowest BCUT2D eigenvalue weighted by atomic mass is 9.83. The summed E-state index contributed by atoms with van der Waals surface area (Å²) in [5.74, 6) is -1.42. The fourth-order valence-electron chi connectivity index (χ4n) is 10.1. The molecule has 1 amide bonds. The van der Waals surface area contributed by atoms with E-state index in [2.05, 4.69) is 56.0 Å². The number of amides is 1. The molecule has 12 aromatic rings. The molecule has 1 aliphatic rings. The number of ketones is 3. The predicted octanol–water partition coefficient (Wildman–Crippen LogP) is 17.1. The van der Waals surface area contributed by atoms with Crippen molar-refractivity contribution in [2.24, 2.45) is 25.6 Å². The van der Waals surface area contributed by atoms with Crippen LogP contribution in [0.1, 0.15) is 78.0 Å². The van der Waals surface area contributed by atoms with E-state index in [4.69, 9.17) is 80.1 Å². The van der Waals surface area contributed by atoms with Gasteiger partial charge in [0.2, 0.25) is 0 Å². The van der Waals surface area contributed by atoms with Crippen LogP contribution in [0.5, 0.6) is 5.75 Å². The third-order valence-electron chi connectivity index (χ3n) is 14.4. The minimum Gasteiger partial charge on any atom is -0.505 e. The van der Waals surface area contributed by atoms with Gasteiger partial charge in [-0.15, -0.1) is 25.4 Å². The first-order chi connectivity index (χ1) is 43.8. The van der Waals surface area contributed by atoms with Gasteiger partial charge in [0.15, 0.2) is 40.3 Å². The van der Waals surface area contributed by atoms with Gasteiger partial charge in [0, 0.05) is 63.4 Å². The largest absolute Gasteiger partial charge is 0.505 e. The fraction of sp³-hybridized carbons (Fsp3) is 0.0952. The van der Waals surface area contributed by atoms with Crippen LogP contribution in [-0.4, -0.2) is 71.1 Å². The Kier molecular flexibility index (Phi) is 18.1. The molecule has 4 heterocycles. The summed E-state index contributed by atoms with van der Waals surface area (Å²) in [4.78, 5) is 99.9. The van der Waals surface area contributed by atoms with Gasteiger partial charge in [-0.05, 0) is 85.4 Å². The highest BCUT2D eigenvalue weighted by Crippen LogP contribution is 2.49. The molecule has 0 radical (unpaired) electrons. The Morgan fingerprint density at radius 1 is 0.681 bits per heavy atom. The number of benzene rings is 8. The second kappa shape index (κ2) is 26.3. The van der Waals surface area contributed by atoms with E-state index in [9.17, 15) is 38.8 Å². The summed E-state index contributed by atoms with van der Waals surface area (Å²) in [5, 5.41) is 40.0. The van der Waals surface area contributed by atoms with Crippen molar-refractivity contribution in [2.75, 3.05) is 24.3 Å². The molecule has 4 aromatic heterocycles. The van der Waals surface area contributed by atoms with Crippen LogP contribution in [0, 0.1) is 11.8 Å². The Bertz CT molecular complexity index is 5230. The highest BCUT2D eigenvalue weighted by molar-refractivity contribution is 6.56. The predicted molar refractivity (Wildman–Crippen MR) is 353 cm³/mol. The lowest BCUT2D eigenvalue weighted by Crippen LogP contribution is -2.20. The van der Waals surface area contributed by atoms with E-state index in [-0.39, 0.29) is 116 Å². The Balaban J connectivity index is 0.000000152. The quantitative estimate of drug-likeness (QED) is 0.0142. The van der Waals surface area contributed by atoms with Crippen LogP contribution >= 0.6 is 69.6 Å². The molecule has 0 spiro atoms. The number of phenols is 1. The standard InChI is InChI=1S/C30H27N5O5.C25H13Cl2N5O3.C8H3Cl4N3O/c1-2-40-15-7-12-26(36)21-10-5-6-11-23(21)34-35-27-20-9-4-3-8-18(20)16-22(28(27)37)29(38)31-19-13-14-24-25(17-19)33-30(39)32-24;1-11-20(24-28-21-16(25(35)32(24)31-11)9-12(26)10-17(21)27)30-29-18-8-4-7-15-19(18)23(34)14-6-3-2-5-13(14)22(15)33;9-3-1-2(4(10)6(12)5(3)11)8(15-16)14-7(1)13/h3-6,8-11,13-14,16-17,37H,2,7,12,15H2,1H3,(H,31,38)(H2,32,33,39);2-10,31H,1H3;14H,13H2. The molecule has 0 bridgehead atoms. The molecule has 0 aliphatic heterocycles.